The van der Waals surface area contributed by atoms with Crippen LogP contribution < -0.4 is 0 Å². The zero-order valence-corrected chi connectivity index (χ0v) is 7.35. The molecule has 0 radical (unpaired) electrons. The van der Waals surface area contributed by atoms with Crippen molar-refractivity contribution in [3.63, 3.8) is 0 Å². The number of benzene rings is 1. The molecule has 2 rings (SSSR count). The van der Waals surface area contributed by atoms with Gasteiger partial charge in [0.05, 0.1) is 16.5 Å². The topological polar surface area (TPSA) is 76.3 Å². The molecule has 0 bridgehead atoms. The Bertz CT molecular complexity index is 556. The van der Waals surface area contributed by atoms with E-state index in [0.29, 0.717) is 0 Å². The molecule has 6 heteroatoms. The summed E-state index contributed by atoms with van der Waals surface area (Å²) < 4.78 is 13.2. The monoisotopic (exact) mass is 208 g/mol. The summed E-state index contributed by atoms with van der Waals surface area (Å²) in [6.07, 6.45) is 1.04. The van der Waals surface area contributed by atoms with Crippen molar-refractivity contribution >= 4 is 16.6 Å². The minimum absolute atomic E-state index is 0.0139. The number of hydrogen-bond acceptors (Lipinski definition) is 4. The van der Waals surface area contributed by atoms with Crippen LogP contribution in [0.4, 0.5) is 10.1 Å². The van der Waals surface area contributed by atoms with Crippen LogP contribution in [0.2, 0.25) is 0 Å². The van der Waals surface area contributed by atoms with E-state index in [-0.39, 0.29) is 22.3 Å². The van der Waals surface area contributed by atoms with Crippen LogP contribution in [-0.4, -0.2) is 15.0 Å². The molecule has 1 aromatic carbocycles. The lowest BCUT2D eigenvalue weighted by Gasteiger charge is -2.00. The summed E-state index contributed by atoms with van der Waals surface area (Å²) in [5.74, 6) is -0.896. The number of halogens is 1. The van der Waals surface area contributed by atoms with Gasteiger partial charge in [-0.15, -0.1) is 0 Å². The SMILES string of the molecule is O=[N+]([O-])c1ccc(F)c2ncc(O)cc12. The second-order valence-corrected chi connectivity index (χ2v) is 2.91. The van der Waals surface area contributed by atoms with Gasteiger partial charge in [-0.05, 0) is 12.1 Å². The number of fused-ring (bicyclic) bond motifs is 1. The fourth-order valence-corrected chi connectivity index (χ4v) is 1.32. The average molecular weight is 208 g/mol. The van der Waals surface area contributed by atoms with Crippen molar-refractivity contribution in [1.29, 1.82) is 0 Å². The van der Waals surface area contributed by atoms with Crippen LogP contribution >= 0.6 is 0 Å². The van der Waals surface area contributed by atoms with Crippen molar-refractivity contribution in [3.8, 4) is 5.75 Å². The van der Waals surface area contributed by atoms with E-state index in [2.05, 4.69) is 4.98 Å². The number of aromatic nitrogens is 1. The van der Waals surface area contributed by atoms with Crippen molar-refractivity contribution in [1.82, 2.24) is 4.98 Å². The summed E-state index contributed by atoms with van der Waals surface area (Å²) in [6, 6.07) is 3.13. The Morgan fingerprint density at radius 1 is 1.47 bits per heavy atom. The summed E-state index contributed by atoms with van der Waals surface area (Å²) in [4.78, 5) is 13.6. The van der Waals surface area contributed by atoms with Crippen molar-refractivity contribution in [2.45, 2.75) is 0 Å². The highest BCUT2D eigenvalue weighted by Crippen LogP contribution is 2.28. The molecule has 1 aromatic heterocycles. The maximum absolute atomic E-state index is 13.2. The fraction of sp³-hybridized carbons (Fsp3) is 0. The number of nitro groups is 1. The number of rotatable bonds is 1. The van der Waals surface area contributed by atoms with Crippen molar-refractivity contribution in [3.05, 3.63) is 40.3 Å². The normalized spacial score (nSPS) is 10.5. The minimum atomic E-state index is -0.657. The molecular weight excluding hydrogens is 203 g/mol. The molecule has 0 aliphatic carbocycles. The fourth-order valence-electron chi connectivity index (χ4n) is 1.32. The number of aromatic hydroxyl groups is 1. The number of pyridine rings is 1. The first-order valence-electron chi connectivity index (χ1n) is 4.01. The summed E-state index contributed by atoms with van der Waals surface area (Å²) in [7, 11) is 0. The van der Waals surface area contributed by atoms with Crippen LogP contribution in [-0.2, 0) is 0 Å². The highest BCUT2D eigenvalue weighted by atomic mass is 19.1. The van der Waals surface area contributed by atoms with E-state index in [1.807, 2.05) is 0 Å². The molecule has 5 nitrogen and oxygen atoms in total. The highest BCUT2D eigenvalue weighted by molar-refractivity contribution is 5.89. The van der Waals surface area contributed by atoms with Gasteiger partial charge in [0.25, 0.3) is 5.69 Å². The molecule has 0 spiro atoms. The molecule has 0 fully saturated rings. The van der Waals surface area contributed by atoms with Crippen LogP contribution in [0.25, 0.3) is 10.9 Å². The molecule has 0 amide bonds. The van der Waals surface area contributed by atoms with Gasteiger partial charge >= 0.3 is 0 Å². The van der Waals surface area contributed by atoms with Gasteiger partial charge in [0.15, 0.2) is 0 Å². The Morgan fingerprint density at radius 2 is 2.20 bits per heavy atom. The standard InChI is InChI=1S/C9H5FN2O3/c10-7-1-2-8(12(14)15)6-3-5(13)4-11-9(6)7/h1-4,13H. The lowest BCUT2D eigenvalue weighted by molar-refractivity contribution is -0.383. The second kappa shape index (κ2) is 3.16. The van der Waals surface area contributed by atoms with Crippen LogP contribution in [0.5, 0.6) is 5.75 Å². The molecular formula is C9H5FN2O3. The minimum Gasteiger partial charge on any atom is -0.506 e. The first-order chi connectivity index (χ1) is 7.09. The van der Waals surface area contributed by atoms with Gasteiger partial charge in [-0.2, -0.15) is 0 Å². The first kappa shape index (κ1) is 9.32. The lowest BCUT2D eigenvalue weighted by atomic mass is 10.1. The van der Waals surface area contributed by atoms with Crippen molar-refractivity contribution < 1.29 is 14.4 Å². The van der Waals surface area contributed by atoms with Gasteiger partial charge in [0.2, 0.25) is 0 Å². The predicted octanol–water partition coefficient (Wildman–Crippen LogP) is 1.99. The molecule has 15 heavy (non-hydrogen) atoms. The zero-order valence-electron chi connectivity index (χ0n) is 7.35. The van der Waals surface area contributed by atoms with Gasteiger partial charge in [-0.25, -0.2) is 9.37 Å². The molecule has 1 N–H and O–H groups in total. The van der Waals surface area contributed by atoms with Crippen molar-refractivity contribution in [2.75, 3.05) is 0 Å². The van der Waals surface area contributed by atoms with E-state index in [1.54, 1.807) is 0 Å². The highest BCUT2D eigenvalue weighted by Gasteiger charge is 2.15. The Morgan fingerprint density at radius 3 is 2.87 bits per heavy atom. The van der Waals surface area contributed by atoms with Gasteiger partial charge in [0, 0.05) is 6.07 Å². The van der Waals surface area contributed by atoms with Crippen molar-refractivity contribution in [2.24, 2.45) is 0 Å². The number of nitro benzene ring substituents is 1. The third kappa shape index (κ3) is 1.45. The quantitative estimate of drug-likeness (QED) is 0.574. The molecule has 0 aliphatic rings. The Kier molecular flexibility index (Phi) is 1.96. The summed E-state index contributed by atoms with van der Waals surface area (Å²) in [6.45, 7) is 0. The van der Waals surface area contributed by atoms with E-state index < -0.39 is 10.7 Å². The first-order valence-corrected chi connectivity index (χ1v) is 4.01. The third-order valence-electron chi connectivity index (χ3n) is 1.96. The molecule has 0 unspecified atom stereocenters. The number of hydrogen-bond donors (Lipinski definition) is 1. The number of nitrogens with zero attached hydrogens (tertiary/aromatic N) is 2. The molecule has 0 atom stereocenters. The van der Waals surface area contributed by atoms with E-state index >= 15 is 0 Å². The van der Waals surface area contributed by atoms with E-state index in [1.165, 1.54) is 0 Å². The molecule has 1 heterocycles. The zero-order chi connectivity index (χ0) is 11.0. The van der Waals surface area contributed by atoms with E-state index in [4.69, 9.17) is 5.11 Å². The summed E-state index contributed by atoms with van der Waals surface area (Å²) in [5, 5.41) is 19.7. The van der Waals surface area contributed by atoms with Gasteiger partial charge in [0.1, 0.15) is 17.1 Å². The van der Waals surface area contributed by atoms with Gasteiger partial charge in [-0.3, -0.25) is 10.1 Å². The average Bonchev–Trinajstić information content (AvgIpc) is 2.17. The van der Waals surface area contributed by atoms with Gasteiger partial charge in [-0.1, -0.05) is 0 Å². The van der Waals surface area contributed by atoms with Crippen LogP contribution in [0.1, 0.15) is 0 Å². The Labute approximate surface area is 82.9 Å². The maximum Gasteiger partial charge on any atom is 0.279 e. The largest absolute Gasteiger partial charge is 0.506 e. The summed E-state index contributed by atoms with van der Waals surface area (Å²) >= 11 is 0. The summed E-state index contributed by atoms with van der Waals surface area (Å²) in [5.41, 5.74) is -0.406. The molecule has 2 aromatic rings. The molecule has 0 saturated heterocycles. The molecule has 76 valence electrons. The van der Waals surface area contributed by atoms with Crippen LogP contribution in [0.3, 0.4) is 0 Å². The Hall–Kier alpha value is -2.24. The third-order valence-corrected chi connectivity index (χ3v) is 1.96. The second-order valence-electron chi connectivity index (χ2n) is 2.91. The molecule has 0 saturated carbocycles. The van der Waals surface area contributed by atoms with Gasteiger partial charge < -0.3 is 5.11 Å². The van der Waals surface area contributed by atoms with Crippen LogP contribution in [0.15, 0.2) is 24.4 Å². The smallest absolute Gasteiger partial charge is 0.279 e. The van der Waals surface area contributed by atoms with E-state index in [0.717, 1.165) is 24.4 Å². The maximum atomic E-state index is 13.2. The predicted molar refractivity (Wildman–Crippen MR) is 50.0 cm³/mol. The van der Waals surface area contributed by atoms with E-state index in [9.17, 15) is 14.5 Å². The Balaban J connectivity index is 2.90. The molecule has 0 aliphatic heterocycles. The van der Waals surface area contributed by atoms with Crippen LogP contribution in [0, 0.1) is 15.9 Å². The number of non-ortho nitro benzene ring substituents is 1. The lowest BCUT2D eigenvalue weighted by Crippen LogP contribution is -1.92.